The van der Waals surface area contributed by atoms with Crippen LogP contribution in [-0.2, 0) is 4.79 Å². The number of hydrogen-bond acceptors (Lipinski definition) is 2. The molecule has 0 radical (unpaired) electrons. The average molecular weight is 123 g/mol. The van der Waals surface area contributed by atoms with Crippen LogP contribution in [-0.4, -0.2) is 6.29 Å². The summed E-state index contributed by atoms with van der Waals surface area (Å²) in [5, 5.41) is 0. The van der Waals surface area contributed by atoms with Crippen molar-refractivity contribution in [2.45, 2.75) is 0 Å². The lowest BCUT2D eigenvalue weighted by Crippen LogP contribution is -1.97. The number of aldehydes is 1. The Morgan fingerprint density at radius 1 is 1.33 bits per heavy atom. The molecule has 2 nitrogen and oxygen atoms in total. The number of carbonyl (C=O) groups is 1. The van der Waals surface area contributed by atoms with E-state index in [0.29, 0.717) is 17.6 Å². The van der Waals surface area contributed by atoms with E-state index in [2.05, 4.69) is 13.2 Å². The second-order valence-electron chi connectivity index (χ2n) is 1.44. The number of carbonyl (C=O) groups excluding carboxylic acids is 1. The molecule has 2 N–H and O–H groups in total. The molecule has 0 bridgehead atoms. The molecule has 0 aromatic heterocycles. The molecule has 0 aliphatic rings. The zero-order valence-corrected chi connectivity index (χ0v) is 5.13. The summed E-state index contributed by atoms with van der Waals surface area (Å²) < 4.78 is 0. The van der Waals surface area contributed by atoms with Crippen LogP contribution in [0.2, 0.25) is 0 Å². The van der Waals surface area contributed by atoms with Gasteiger partial charge in [-0.2, -0.15) is 0 Å². The van der Waals surface area contributed by atoms with Gasteiger partial charge >= 0.3 is 0 Å². The third kappa shape index (κ3) is 1.95. The van der Waals surface area contributed by atoms with Crippen molar-refractivity contribution < 1.29 is 4.79 Å². The molecule has 0 saturated heterocycles. The standard InChI is InChI=1S/C7H9NO/c1-3-6(5-9)7(8)4-2/h3-5H,1-2,8H2/b7-6-. The Bertz CT molecular complexity index is 158. The summed E-state index contributed by atoms with van der Waals surface area (Å²) >= 11 is 0. The SMILES string of the molecule is C=C/C(N)=C(\C=C)C=O. The lowest BCUT2D eigenvalue weighted by Gasteiger charge is -1.91. The fourth-order valence-electron chi connectivity index (χ4n) is 0.352. The van der Waals surface area contributed by atoms with Gasteiger partial charge in [-0.1, -0.05) is 19.2 Å². The second-order valence-corrected chi connectivity index (χ2v) is 1.44. The smallest absolute Gasteiger partial charge is 0.152 e. The van der Waals surface area contributed by atoms with Crippen molar-refractivity contribution in [2.75, 3.05) is 0 Å². The Balaban J connectivity index is 4.56. The zero-order valence-electron chi connectivity index (χ0n) is 5.13. The molecule has 2 heteroatoms. The highest BCUT2D eigenvalue weighted by atomic mass is 16.1. The van der Waals surface area contributed by atoms with Gasteiger partial charge < -0.3 is 5.73 Å². The predicted octanol–water partition coefficient (Wildman–Crippen LogP) is 0.770. The van der Waals surface area contributed by atoms with Crippen LogP contribution in [0.5, 0.6) is 0 Å². The molecule has 0 aromatic carbocycles. The van der Waals surface area contributed by atoms with E-state index in [1.807, 2.05) is 0 Å². The Labute approximate surface area is 54.4 Å². The topological polar surface area (TPSA) is 43.1 Å². The molecule has 0 aliphatic heterocycles. The van der Waals surface area contributed by atoms with Crippen molar-refractivity contribution in [1.82, 2.24) is 0 Å². The van der Waals surface area contributed by atoms with Crippen molar-refractivity contribution in [3.63, 3.8) is 0 Å². The number of nitrogens with two attached hydrogens (primary N) is 1. The van der Waals surface area contributed by atoms with E-state index in [0.717, 1.165) is 0 Å². The summed E-state index contributed by atoms with van der Waals surface area (Å²) in [5.74, 6) is 0. The lowest BCUT2D eigenvalue weighted by molar-refractivity contribution is -0.104. The molecular weight excluding hydrogens is 114 g/mol. The van der Waals surface area contributed by atoms with Crippen molar-refractivity contribution in [1.29, 1.82) is 0 Å². The van der Waals surface area contributed by atoms with Crippen LogP contribution in [0.1, 0.15) is 0 Å². The fourth-order valence-corrected chi connectivity index (χ4v) is 0.352. The summed E-state index contributed by atoms with van der Waals surface area (Å²) in [6.45, 7) is 6.77. The van der Waals surface area contributed by atoms with E-state index in [1.165, 1.54) is 12.2 Å². The highest BCUT2D eigenvalue weighted by Gasteiger charge is 1.90. The molecule has 0 atom stereocenters. The molecule has 0 aliphatic carbocycles. The average Bonchev–Trinajstić information content (AvgIpc) is 1.90. The van der Waals surface area contributed by atoms with E-state index in [-0.39, 0.29) is 0 Å². The summed E-state index contributed by atoms with van der Waals surface area (Å²) in [7, 11) is 0. The maximum absolute atomic E-state index is 10.1. The van der Waals surface area contributed by atoms with Crippen LogP contribution in [0.4, 0.5) is 0 Å². The Morgan fingerprint density at radius 3 is 2.00 bits per heavy atom. The van der Waals surface area contributed by atoms with Gasteiger partial charge in [0.2, 0.25) is 0 Å². The number of rotatable bonds is 3. The molecule has 0 heterocycles. The van der Waals surface area contributed by atoms with Crippen molar-refractivity contribution >= 4 is 6.29 Å². The van der Waals surface area contributed by atoms with Gasteiger partial charge in [0.05, 0.1) is 0 Å². The maximum atomic E-state index is 10.1. The molecule has 0 spiro atoms. The van der Waals surface area contributed by atoms with Gasteiger partial charge in [0.1, 0.15) is 0 Å². The second kappa shape index (κ2) is 3.66. The molecule has 0 aromatic rings. The Morgan fingerprint density at radius 2 is 1.89 bits per heavy atom. The van der Waals surface area contributed by atoms with Crippen molar-refractivity contribution in [2.24, 2.45) is 5.73 Å². The Hall–Kier alpha value is -1.31. The van der Waals surface area contributed by atoms with Gasteiger partial charge in [-0.15, -0.1) is 0 Å². The van der Waals surface area contributed by atoms with E-state index >= 15 is 0 Å². The third-order valence-electron chi connectivity index (χ3n) is 0.900. The highest BCUT2D eigenvalue weighted by molar-refractivity contribution is 5.79. The third-order valence-corrected chi connectivity index (χ3v) is 0.900. The number of allylic oxidation sites excluding steroid dienone is 3. The molecule has 0 rings (SSSR count). The summed E-state index contributed by atoms with van der Waals surface area (Å²) in [5.41, 5.74) is 6.04. The van der Waals surface area contributed by atoms with Crippen LogP contribution in [0.3, 0.4) is 0 Å². The normalized spacial score (nSPS) is 11.6. The number of hydrogen-bond donors (Lipinski definition) is 1. The maximum Gasteiger partial charge on any atom is 0.152 e. The van der Waals surface area contributed by atoms with Gasteiger partial charge in [-0.3, -0.25) is 4.79 Å². The first-order valence-corrected chi connectivity index (χ1v) is 2.46. The molecule has 0 saturated carbocycles. The summed E-state index contributed by atoms with van der Waals surface area (Å²) in [6.07, 6.45) is 3.44. The van der Waals surface area contributed by atoms with Crippen LogP contribution >= 0.6 is 0 Å². The molecule has 0 unspecified atom stereocenters. The molecular formula is C7H9NO. The van der Waals surface area contributed by atoms with Crippen molar-refractivity contribution in [3.8, 4) is 0 Å². The van der Waals surface area contributed by atoms with Gasteiger partial charge in [0.25, 0.3) is 0 Å². The van der Waals surface area contributed by atoms with E-state index in [9.17, 15) is 4.79 Å². The summed E-state index contributed by atoms with van der Waals surface area (Å²) in [6, 6.07) is 0. The first-order valence-electron chi connectivity index (χ1n) is 2.46. The highest BCUT2D eigenvalue weighted by Crippen LogP contribution is 1.95. The van der Waals surface area contributed by atoms with Crippen LogP contribution in [0, 0.1) is 0 Å². The van der Waals surface area contributed by atoms with Crippen LogP contribution < -0.4 is 5.73 Å². The minimum atomic E-state index is 0.361. The predicted molar refractivity (Wildman–Crippen MR) is 37.7 cm³/mol. The minimum Gasteiger partial charge on any atom is -0.398 e. The largest absolute Gasteiger partial charge is 0.398 e. The molecule has 0 amide bonds. The van der Waals surface area contributed by atoms with Gasteiger partial charge in [-0.25, -0.2) is 0 Å². The monoisotopic (exact) mass is 123 g/mol. The Kier molecular flexibility index (Phi) is 3.13. The van der Waals surface area contributed by atoms with Crippen molar-refractivity contribution in [3.05, 3.63) is 36.6 Å². The molecule has 48 valence electrons. The quantitative estimate of drug-likeness (QED) is 0.342. The molecule has 9 heavy (non-hydrogen) atoms. The van der Waals surface area contributed by atoms with E-state index < -0.39 is 0 Å². The van der Waals surface area contributed by atoms with Gasteiger partial charge in [-0.05, 0) is 6.08 Å². The van der Waals surface area contributed by atoms with Gasteiger partial charge in [0, 0.05) is 11.3 Å². The lowest BCUT2D eigenvalue weighted by atomic mass is 10.2. The first kappa shape index (κ1) is 7.69. The summed E-state index contributed by atoms with van der Waals surface area (Å²) in [4.78, 5) is 10.1. The van der Waals surface area contributed by atoms with E-state index in [4.69, 9.17) is 5.73 Å². The first-order chi connectivity index (χ1) is 4.26. The van der Waals surface area contributed by atoms with Crippen LogP contribution in [0.25, 0.3) is 0 Å². The van der Waals surface area contributed by atoms with E-state index in [1.54, 1.807) is 0 Å². The fraction of sp³-hybridized carbons (Fsp3) is 0. The van der Waals surface area contributed by atoms with Gasteiger partial charge in [0.15, 0.2) is 6.29 Å². The molecule has 0 fully saturated rings. The minimum absolute atomic E-state index is 0.361. The zero-order chi connectivity index (χ0) is 7.28. The van der Waals surface area contributed by atoms with Crippen LogP contribution in [0.15, 0.2) is 36.6 Å².